The van der Waals surface area contributed by atoms with Gasteiger partial charge in [0.1, 0.15) is 5.60 Å². The summed E-state index contributed by atoms with van der Waals surface area (Å²) in [6.07, 6.45) is 0.426. The quantitative estimate of drug-likeness (QED) is 0.204. The Morgan fingerprint density at radius 2 is 1.48 bits per heavy atom. The van der Waals surface area contributed by atoms with Crippen molar-refractivity contribution >= 4 is 46.9 Å². The molecule has 0 aromatic heterocycles. The molecule has 0 bridgehead atoms. The molecule has 0 atom stereocenters. The maximum atomic E-state index is 12.5. The van der Waals surface area contributed by atoms with E-state index in [9.17, 15) is 19.2 Å². The van der Waals surface area contributed by atoms with Crippen LogP contribution in [-0.4, -0.2) is 37.0 Å². The highest BCUT2D eigenvalue weighted by Crippen LogP contribution is 2.35. The molecule has 40 heavy (non-hydrogen) atoms. The number of carbonyl (C=O) groups is 4. The van der Waals surface area contributed by atoms with Crippen molar-refractivity contribution in [2.24, 2.45) is 0 Å². The van der Waals surface area contributed by atoms with Crippen LogP contribution in [0.4, 0.5) is 11.4 Å². The fourth-order valence-electron chi connectivity index (χ4n) is 4.12. The zero-order valence-corrected chi connectivity index (χ0v) is 23.8. The first kappa shape index (κ1) is 29.8. The summed E-state index contributed by atoms with van der Waals surface area (Å²) in [6, 6.07) is 19.7. The molecule has 0 aliphatic rings. The van der Waals surface area contributed by atoms with Gasteiger partial charge >= 0.3 is 11.9 Å². The minimum Gasteiger partial charge on any atom is -0.465 e. The van der Waals surface area contributed by atoms with Crippen molar-refractivity contribution in [2.75, 3.05) is 17.3 Å². The van der Waals surface area contributed by atoms with Gasteiger partial charge in [-0.2, -0.15) is 0 Å². The summed E-state index contributed by atoms with van der Waals surface area (Å²) >= 11 is 0. The van der Waals surface area contributed by atoms with Gasteiger partial charge in [0.15, 0.2) is 0 Å². The minimum atomic E-state index is -0.608. The summed E-state index contributed by atoms with van der Waals surface area (Å²) in [4.78, 5) is 50.2. The van der Waals surface area contributed by atoms with Crippen molar-refractivity contribution in [1.82, 2.24) is 0 Å². The van der Waals surface area contributed by atoms with E-state index in [-0.39, 0.29) is 11.3 Å². The highest BCUT2D eigenvalue weighted by atomic mass is 16.6. The van der Waals surface area contributed by atoms with Crippen molar-refractivity contribution < 1.29 is 28.7 Å². The zero-order valence-electron chi connectivity index (χ0n) is 23.8. The number of benzene rings is 3. The number of allylic oxidation sites excluding steroid dienone is 1. The van der Waals surface area contributed by atoms with Crippen molar-refractivity contribution in [3.8, 4) is 0 Å². The van der Waals surface area contributed by atoms with Gasteiger partial charge in [-0.05, 0) is 87.7 Å². The predicted octanol–water partition coefficient (Wildman–Crippen LogP) is 6.25. The fraction of sp³-hybridized carbons (Fsp3) is 0.250. The molecule has 0 saturated carbocycles. The Hall–Kier alpha value is -4.72. The number of hydrogen-bond acceptors (Lipinski definition) is 7. The van der Waals surface area contributed by atoms with Crippen molar-refractivity contribution in [1.29, 1.82) is 0 Å². The molecule has 1 N–H and O–H groups in total. The molecular formula is C32H34N2O6. The number of imide groups is 1. The number of rotatable bonds is 8. The van der Waals surface area contributed by atoms with Crippen LogP contribution < -0.4 is 10.2 Å². The van der Waals surface area contributed by atoms with E-state index in [1.807, 2.05) is 58.0 Å². The average Bonchev–Trinajstić information content (AvgIpc) is 2.91. The Kier molecular flexibility index (Phi) is 9.27. The first-order chi connectivity index (χ1) is 18.9. The van der Waals surface area contributed by atoms with Gasteiger partial charge in [-0.3, -0.25) is 14.5 Å². The number of carbonyl (C=O) groups excluding carboxylic acids is 4. The molecule has 8 nitrogen and oxygen atoms in total. The van der Waals surface area contributed by atoms with E-state index in [1.54, 1.807) is 37.3 Å². The van der Waals surface area contributed by atoms with E-state index < -0.39 is 23.4 Å². The fourth-order valence-corrected chi connectivity index (χ4v) is 4.12. The van der Waals surface area contributed by atoms with Gasteiger partial charge in [0.25, 0.3) is 0 Å². The van der Waals surface area contributed by atoms with Crippen LogP contribution in [0.2, 0.25) is 0 Å². The van der Waals surface area contributed by atoms with E-state index >= 15 is 0 Å². The minimum absolute atomic E-state index is 0.245. The second-order valence-electron chi connectivity index (χ2n) is 10.2. The lowest BCUT2D eigenvalue weighted by Gasteiger charge is -2.23. The van der Waals surface area contributed by atoms with E-state index in [0.717, 1.165) is 10.5 Å². The molecule has 0 spiro atoms. The molecule has 0 aliphatic carbocycles. The summed E-state index contributed by atoms with van der Waals surface area (Å²) in [5, 5.41) is 3.43. The molecular weight excluding hydrogens is 508 g/mol. The summed E-state index contributed by atoms with van der Waals surface area (Å²) in [5.41, 5.74) is 4.46. The number of aryl methyl sites for hydroxylation is 1. The highest BCUT2D eigenvalue weighted by molar-refractivity contribution is 6.10. The van der Waals surface area contributed by atoms with Gasteiger partial charge < -0.3 is 14.8 Å². The van der Waals surface area contributed by atoms with Gasteiger partial charge in [-0.15, -0.1) is 0 Å². The van der Waals surface area contributed by atoms with Crippen LogP contribution in [-0.2, 0) is 19.1 Å². The molecule has 0 fully saturated rings. The summed E-state index contributed by atoms with van der Waals surface area (Å²) in [5.74, 6) is -1.50. The molecule has 3 aromatic carbocycles. The smallest absolute Gasteiger partial charge is 0.338 e. The SMILES string of the molecule is COC(=O)c1cc(N(C=O)C(C)=O)c(/C(C)=C(/Nc2ccc(C(=O)OC(C)(C)C)cc2)c2ccccc2)cc1C. The lowest BCUT2D eigenvalue weighted by atomic mass is 9.94. The Morgan fingerprint density at radius 1 is 0.850 bits per heavy atom. The monoisotopic (exact) mass is 542 g/mol. The third kappa shape index (κ3) is 7.02. The molecule has 208 valence electrons. The molecule has 0 heterocycles. The zero-order chi connectivity index (χ0) is 29.6. The number of anilines is 2. The molecule has 8 heteroatoms. The maximum absolute atomic E-state index is 12.5. The van der Waals surface area contributed by atoms with E-state index in [4.69, 9.17) is 9.47 Å². The van der Waals surface area contributed by atoms with Gasteiger partial charge in [0.05, 0.1) is 23.9 Å². The second-order valence-corrected chi connectivity index (χ2v) is 10.2. The normalized spacial score (nSPS) is 11.7. The van der Waals surface area contributed by atoms with Crippen LogP contribution in [0.5, 0.6) is 0 Å². The van der Waals surface area contributed by atoms with Crippen molar-refractivity contribution in [3.05, 3.63) is 94.5 Å². The van der Waals surface area contributed by atoms with Crippen LogP contribution >= 0.6 is 0 Å². The van der Waals surface area contributed by atoms with E-state index in [2.05, 4.69) is 5.32 Å². The number of nitrogens with zero attached hydrogens (tertiary/aromatic N) is 1. The van der Waals surface area contributed by atoms with Crippen molar-refractivity contribution in [3.63, 3.8) is 0 Å². The molecule has 0 saturated heterocycles. The van der Waals surface area contributed by atoms with Gasteiger partial charge in [0.2, 0.25) is 12.3 Å². The Balaban J connectivity index is 2.18. The van der Waals surface area contributed by atoms with Gasteiger partial charge in [-0.25, -0.2) is 9.59 Å². The first-order valence-electron chi connectivity index (χ1n) is 12.7. The van der Waals surface area contributed by atoms with Gasteiger partial charge in [0, 0.05) is 23.9 Å². The van der Waals surface area contributed by atoms with Crippen LogP contribution in [0.25, 0.3) is 11.3 Å². The Labute approximate surface area is 234 Å². The van der Waals surface area contributed by atoms with E-state index in [0.29, 0.717) is 40.1 Å². The molecule has 3 aromatic rings. The summed E-state index contributed by atoms with van der Waals surface area (Å²) in [7, 11) is 1.27. The third-order valence-electron chi connectivity index (χ3n) is 6.08. The first-order valence-corrected chi connectivity index (χ1v) is 12.7. The average molecular weight is 543 g/mol. The van der Waals surface area contributed by atoms with Crippen LogP contribution in [0.15, 0.2) is 66.7 Å². The third-order valence-corrected chi connectivity index (χ3v) is 6.08. The Morgan fingerprint density at radius 3 is 2.00 bits per heavy atom. The largest absolute Gasteiger partial charge is 0.465 e. The van der Waals surface area contributed by atoms with Crippen LogP contribution in [0, 0.1) is 6.92 Å². The maximum Gasteiger partial charge on any atom is 0.338 e. The number of nitrogens with one attached hydrogen (secondary N) is 1. The number of esters is 2. The predicted molar refractivity (Wildman–Crippen MR) is 156 cm³/mol. The number of ether oxygens (including phenoxy) is 2. The molecule has 0 aliphatic heterocycles. The highest BCUT2D eigenvalue weighted by Gasteiger charge is 2.23. The Bertz CT molecular complexity index is 1450. The molecule has 3 rings (SSSR count). The molecule has 2 amide bonds. The van der Waals surface area contributed by atoms with Crippen LogP contribution in [0.3, 0.4) is 0 Å². The summed E-state index contributed by atoms with van der Waals surface area (Å²) < 4.78 is 10.4. The van der Waals surface area contributed by atoms with Gasteiger partial charge in [-0.1, -0.05) is 30.3 Å². The molecule has 0 radical (unpaired) electrons. The summed E-state index contributed by atoms with van der Waals surface area (Å²) in [6.45, 7) is 10.3. The lowest BCUT2D eigenvalue weighted by Crippen LogP contribution is -2.28. The molecule has 0 unspecified atom stereocenters. The second kappa shape index (κ2) is 12.4. The van der Waals surface area contributed by atoms with Crippen molar-refractivity contribution in [2.45, 2.75) is 47.1 Å². The standard InChI is InChI=1S/C32H34N2O6/c1-20-17-27(28(34(19-35)22(3)36)18-26(20)31(38)39-7)21(2)29(23-11-9-8-10-12-23)33-25-15-13-24(14-16-25)30(37)40-32(4,5)6/h8-19,33H,1-7H3/b29-21+. The lowest BCUT2D eigenvalue weighted by molar-refractivity contribution is -0.120. The number of methoxy groups -OCH3 is 1. The number of hydrogen-bond donors (Lipinski definition) is 1. The van der Waals surface area contributed by atoms with Crippen LogP contribution in [0.1, 0.15) is 72.0 Å². The van der Waals surface area contributed by atoms with E-state index in [1.165, 1.54) is 20.1 Å². The number of amides is 2. The topological polar surface area (TPSA) is 102 Å².